The molecule has 1 heterocycles. The molecule has 1 aromatic carbocycles. The SMILES string of the molecule is Cc1cccc([C@@H](NC(=O)CCc2cccnc2)C(=O)O)c1. The van der Waals surface area contributed by atoms with E-state index in [4.69, 9.17) is 0 Å². The van der Waals surface area contributed by atoms with Gasteiger partial charge < -0.3 is 10.4 Å². The van der Waals surface area contributed by atoms with E-state index in [-0.39, 0.29) is 12.3 Å². The van der Waals surface area contributed by atoms with E-state index in [9.17, 15) is 14.7 Å². The molecule has 1 atom stereocenters. The highest BCUT2D eigenvalue weighted by atomic mass is 16.4. The fourth-order valence-corrected chi connectivity index (χ4v) is 2.17. The van der Waals surface area contributed by atoms with Gasteiger partial charge in [0.2, 0.25) is 5.91 Å². The van der Waals surface area contributed by atoms with Gasteiger partial charge in [0.15, 0.2) is 6.04 Å². The summed E-state index contributed by atoms with van der Waals surface area (Å²) >= 11 is 0. The summed E-state index contributed by atoms with van der Waals surface area (Å²) in [4.78, 5) is 27.4. The van der Waals surface area contributed by atoms with Crippen LogP contribution in [0.4, 0.5) is 0 Å². The Bertz CT molecular complexity index is 656. The maximum atomic E-state index is 12.0. The Labute approximate surface area is 129 Å². The highest BCUT2D eigenvalue weighted by Gasteiger charge is 2.21. The molecule has 1 aromatic heterocycles. The predicted octanol–water partition coefficient (Wildman–Crippen LogP) is 2.26. The molecule has 0 saturated heterocycles. The molecule has 0 unspecified atom stereocenters. The number of carboxylic acid groups (broad SMARTS) is 1. The van der Waals surface area contributed by atoms with Gasteiger partial charge in [0.25, 0.3) is 0 Å². The average molecular weight is 298 g/mol. The van der Waals surface area contributed by atoms with Crippen LogP contribution in [0, 0.1) is 6.92 Å². The zero-order chi connectivity index (χ0) is 15.9. The lowest BCUT2D eigenvalue weighted by molar-refractivity contribution is -0.142. The molecule has 114 valence electrons. The monoisotopic (exact) mass is 298 g/mol. The number of carbonyl (C=O) groups is 2. The van der Waals surface area contributed by atoms with E-state index in [0.29, 0.717) is 12.0 Å². The molecule has 0 fully saturated rings. The summed E-state index contributed by atoms with van der Waals surface area (Å²) in [7, 11) is 0. The highest BCUT2D eigenvalue weighted by molar-refractivity contribution is 5.84. The molecular weight excluding hydrogens is 280 g/mol. The van der Waals surface area contributed by atoms with Crippen molar-refractivity contribution in [3.05, 3.63) is 65.5 Å². The Hall–Kier alpha value is -2.69. The molecule has 0 saturated carbocycles. The second kappa shape index (κ2) is 7.36. The fraction of sp³-hybridized carbons (Fsp3) is 0.235. The molecule has 22 heavy (non-hydrogen) atoms. The summed E-state index contributed by atoms with van der Waals surface area (Å²) in [6, 6.07) is 9.79. The van der Waals surface area contributed by atoms with Crippen LogP contribution in [-0.4, -0.2) is 22.0 Å². The van der Waals surface area contributed by atoms with Gasteiger partial charge in [0.05, 0.1) is 0 Å². The normalized spacial score (nSPS) is 11.7. The van der Waals surface area contributed by atoms with Crippen molar-refractivity contribution in [1.29, 1.82) is 0 Å². The summed E-state index contributed by atoms with van der Waals surface area (Å²) in [6.07, 6.45) is 4.12. The van der Waals surface area contributed by atoms with Crippen LogP contribution in [0.3, 0.4) is 0 Å². The van der Waals surface area contributed by atoms with Gasteiger partial charge in [-0.05, 0) is 30.5 Å². The lowest BCUT2D eigenvalue weighted by atomic mass is 10.0. The lowest BCUT2D eigenvalue weighted by Gasteiger charge is -2.15. The Balaban J connectivity index is 1.99. The first kappa shape index (κ1) is 15.7. The number of carboxylic acids is 1. The van der Waals surface area contributed by atoms with E-state index in [2.05, 4.69) is 10.3 Å². The van der Waals surface area contributed by atoms with E-state index in [0.717, 1.165) is 11.1 Å². The molecule has 0 aliphatic carbocycles. The van der Waals surface area contributed by atoms with Gasteiger partial charge in [-0.2, -0.15) is 0 Å². The number of benzene rings is 1. The smallest absolute Gasteiger partial charge is 0.330 e. The number of aromatic nitrogens is 1. The maximum Gasteiger partial charge on any atom is 0.330 e. The Morgan fingerprint density at radius 3 is 2.73 bits per heavy atom. The number of hydrogen-bond acceptors (Lipinski definition) is 3. The first-order chi connectivity index (χ1) is 10.6. The van der Waals surface area contributed by atoms with Crippen molar-refractivity contribution in [3.8, 4) is 0 Å². The summed E-state index contributed by atoms with van der Waals surface area (Å²) in [5.74, 6) is -1.36. The van der Waals surface area contributed by atoms with Crippen LogP contribution in [0.5, 0.6) is 0 Å². The highest BCUT2D eigenvalue weighted by Crippen LogP contribution is 2.15. The van der Waals surface area contributed by atoms with Gasteiger partial charge in [-0.3, -0.25) is 9.78 Å². The minimum atomic E-state index is -1.07. The predicted molar refractivity (Wildman–Crippen MR) is 82.3 cm³/mol. The van der Waals surface area contributed by atoms with E-state index in [1.165, 1.54) is 0 Å². The molecule has 0 aliphatic heterocycles. The molecule has 0 bridgehead atoms. The Morgan fingerprint density at radius 2 is 2.09 bits per heavy atom. The van der Waals surface area contributed by atoms with Crippen LogP contribution in [0.25, 0.3) is 0 Å². The first-order valence-corrected chi connectivity index (χ1v) is 7.04. The van der Waals surface area contributed by atoms with Crippen molar-refractivity contribution in [1.82, 2.24) is 10.3 Å². The molecule has 2 aromatic rings. The molecule has 1 amide bonds. The standard InChI is InChI=1S/C17H18N2O3/c1-12-4-2-6-14(10-12)16(17(21)22)19-15(20)8-7-13-5-3-9-18-11-13/h2-6,9-11,16H,7-8H2,1H3,(H,19,20)(H,21,22)/t16-/m1/s1. The van der Waals surface area contributed by atoms with E-state index < -0.39 is 12.0 Å². The van der Waals surface area contributed by atoms with Crippen LogP contribution in [-0.2, 0) is 16.0 Å². The van der Waals surface area contributed by atoms with E-state index >= 15 is 0 Å². The third-order valence-electron chi connectivity index (χ3n) is 3.29. The number of hydrogen-bond donors (Lipinski definition) is 2. The van der Waals surface area contributed by atoms with Crippen molar-refractivity contribution in [3.63, 3.8) is 0 Å². The van der Waals surface area contributed by atoms with Gasteiger partial charge in [-0.25, -0.2) is 4.79 Å². The first-order valence-electron chi connectivity index (χ1n) is 7.04. The quantitative estimate of drug-likeness (QED) is 0.857. The summed E-state index contributed by atoms with van der Waals surface area (Å²) in [6.45, 7) is 1.88. The number of aryl methyl sites for hydroxylation is 2. The van der Waals surface area contributed by atoms with Gasteiger partial charge in [0, 0.05) is 18.8 Å². The molecule has 0 spiro atoms. The van der Waals surface area contributed by atoms with Crippen LogP contribution < -0.4 is 5.32 Å². The summed E-state index contributed by atoms with van der Waals surface area (Å²) < 4.78 is 0. The largest absolute Gasteiger partial charge is 0.479 e. The van der Waals surface area contributed by atoms with Crippen LogP contribution in [0.15, 0.2) is 48.8 Å². The van der Waals surface area contributed by atoms with Gasteiger partial charge in [0.1, 0.15) is 0 Å². The second-order valence-electron chi connectivity index (χ2n) is 5.11. The lowest BCUT2D eigenvalue weighted by Crippen LogP contribution is -2.33. The van der Waals surface area contributed by atoms with Crippen molar-refractivity contribution in [2.75, 3.05) is 0 Å². The van der Waals surface area contributed by atoms with Gasteiger partial charge in [-0.1, -0.05) is 35.9 Å². The molecule has 0 aliphatic rings. The number of rotatable bonds is 6. The van der Waals surface area contributed by atoms with E-state index in [1.807, 2.05) is 19.1 Å². The van der Waals surface area contributed by atoms with Crippen molar-refractivity contribution >= 4 is 11.9 Å². The molecule has 2 rings (SSSR count). The zero-order valence-corrected chi connectivity index (χ0v) is 12.3. The topological polar surface area (TPSA) is 79.3 Å². The summed E-state index contributed by atoms with van der Waals surface area (Å²) in [5.41, 5.74) is 2.47. The molecule has 2 N–H and O–H groups in total. The number of nitrogens with one attached hydrogen (secondary N) is 1. The average Bonchev–Trinajstić information content (AvgIpc) is 2.51. The number of nitrogens with zero attached hydrogens (tertiary/aromatic N) is 1. The third kappa shape index (κ3) is 4.41. The van der Waals surface area contributed by atoms with Gasteiger partial charge in [-0.15, -0.1) is 0 Å². The molecule has 5 heteroatoms. The number of carbonyl (C=O) groups excluding carboxylic acids is 1. The van der Waals surface area contributed by atoms with E-state index in [1.54, 1.807) is 36.7 Å². The van der Waals surface area contributed by atoms with Crippen LogP contribution >= 0.6 is 0 Å². The third-order valence-corrected chi connectivity index (χ3v) is 3.29. The van der Waals surface area contributed by atoms with Crippen LogP contribution in [0.1, 0.15) is 29.2 Å². The number of aliphatic carboxylic acids is 1. The Morgan fingerprint density at radius 1 is 1.27 bits per heavy atom. The number of pyridine rings is 1. The van der Waals surface area contributed by atoms with Crippen molar-refractivity contribution < 1.29 is 14.7 Å². The maximum absolute atomic E-state index is 12.0. The van der Waals surface area contributed by atoms with Crippen molar-refractivity contribution in [2.24, 2.45) is 0 Å². The number of amides is 1. The molecule has 5 nitrogen and oxygen atoms in total. The molecular formula is C17H18N2O3. The van der Waals surface area contributed by atoms with Crippen molar-refractivity contribution in [2.45, 2.75) is 25.8 Å². The Kier molecular flexibility index (Phi) is 5.25. The summed E-state index contributed by atoms with van der Waals surface area (Å²) in [5, 5.41) is 11.9. The molecule has 0 radical (unpaired) electrons. The minimum absolute atomic E-state index is 0.224. The van der Waals surface area contributed by atoms with Crippen LogP contribution in [0.2, 0.25) is 0 Å². The van der Waals surface area contributed by atoms with Gasteiger partial charge >= 0.3 is 5.97 Å². The zero-order valence-electron chi connectivity index (χ0n) is 12.3. The minimum Gasteiger partial charge on any atom is -0.479 e. The fourth-order valence-electron chi connectivity index (χ4n) is 2.17. The second-order valence-corrected chi connectivity index (χ2v) is 5.11.